The van der Waals surface area contributed by atoms with E-state index in [-0.39, 0.29) is 0 Å². The van der Waals surface area contributed by atoms with Gasteiger partial charge in [-0.3, -0.25) is 9.88 Å². The van der Waals surface area contributed by atoms with Crippen molar-refractivity contribution < 1.29 is 4.74 Å². The molecule has 6 heterocycles. The molecule has 0 aliphatic carbocycles. The number of hydrogen-bond acceptors (Lipinski definition) is 10. The van der Waals surface area contributed by atoms with Gasteiger partial charge >= 0.3 is 0 Å². The van der Waals surface area contributed by atoms with Gasteiger partial charge in [0.2, 0.25) is 5.88 Å². The number of piperidine rings is 1. The zero-order valence-corrected chi connectivity index (χ0v) is 24.5. The minimum absolute atomic E-state index is 0.447. The molecule has 3 aromatic heterocycles. The van der Waals surface area contributed by atoms with Crippen molar-refractivity contribution in [1.82, 2.24) is 29.4 Å². The monoisotopic (exact) mass is 554 g/mol. The Balaban J connectivity index is 1.30. The lowest BCUT2D eigenvalue weighted by Gasteiger charge is -2.56. The van der Waals surface area contributed by atoms with Crippen molar-refractivity contribution in [2.45, 2.75) is 25.4 Å². The number of nitriles is 1. The second-order valence-electron chi connectivity index (χ2n) is 10.9. The van der Waals surface area contributed by atoms with Crippen molar-refractivity contribution in [1.29, 1.82) is 5.26 Å². The average molecular weight is 555 g/mol. The van der Waals surface area contributed by atoms with Gasteiger partial charge in [0.05, 0.1) is 54.4 Å². The fourth-order valence-electron chi connectivity index (χ4n) is 5.50. The van der Waals surface area contributed by atoms with Gasteiger partial charge in [-0.25, -0.2) is 14.5 Å². The highest BCUT2D eigenvalue weighted by molar-refractivity contribution is 5.85. The summed E-state index contributed by atoms with van der Waals surface area (Å²) in [5.41, 5.74) is 4.78. The van der Waals surface area contributed by atoms with E-state index in [2.05, 4.69) is 69.5 Å². The third-order valence-corrected chi connectivity index (χ3v) is 7.84. The molecule has 41 heavy (non-hydrogen) atoms. The molecule has 3 fully saturated rings. The molecular weight excluding hydrogens is 516 g/mol. The van der Waals surface area contributed by atoms with Crippen LogP contribution in [0.2, 0.25) is 0 Å². The highest BCUT2D eigenvalue weighted by Gasteiger charge is 2.44. The number of methoxy groups -OCH3 is 1. The molecule has 0 aromatic carbocycles. The van der Waals surface area contributed by atoms with Crippen molar-refractivity contribution in [3.05, 3.63) is 60.5 Å². The molecule has 2 bridgehead atoms. The molecule has 3 saturated heterocycles. The Kier molecular flexibility index (Phi) is 8.33. The van der Waals surface area contributed by atoms with E-state index in [4.69, 9.17) is 14.7 Å². The summed E-state index contributed by atoms with van der Waals surface area (Å²) in [5, 5.41) is 14.2. The number of pyridine rings is 1. The van der Waals surface area contributed by atoms with Crippen LogP contribution in [0.25, 0.3) is 16.8 Å². The summed E-state index contributed by atoms with van der Waals surface area (Å²) < 4.78 is 6.97. The molecule has 3 aromatic rings. The van der Waals surface area contributed by atoms with Gasteiger partial charge in [0.15, 0.2) is 0 Å². The van der Waals surface area contributed by atoms with Crippen LogP contribution in [0.15, 0.2) is 60.0 Å². The highest BCUT2D eigenvalue weighted by atomic mass is 16.5. The lowest BCUT2D eigenvalue weighted by atomic mass is 9.87. The van der Waals surface area contributed by atoms with E-state index in [0.717, 1.165) is 66.6 Å². The molecule has 0 radical (unpaired) electrons. The van der Waals surface area contributed by atoms with Crippen LogP contribution < -0.4 is 9.80 Å². The van der Waals surface area contributed by atoms with Gasteiger partial charge in [0, 0.05) is 63.6 Å². The molecule has 11 heteroatoms. The van der Waals surface area contributed by atoms with Gasteiger partial charge in [0.25, 0.3) is 0 Å². The van der Waals surface area contributed by atoms with Crippen LogP contribution in [0.4, 0.5) is 11.5 Å². The second-order valence-corrected chi connectivity index (χ2v) is 10.9. The minimum atomic E-state index is 0.447. The Morgan fingerprint density at radius 2 is 1.98 bits per heavy atom. The maximum atomic E-state index is 9.73. The molecule has 2 unspecified atom stereocenters. The maximum absolute atomic E-state index is 9.73. The van der Waals surface area contributed by atoms with Crippen LogP contribution in [0.1, 0.15) is 18.9 Å². The molecule has 2 atom stereocenters. The number of likely N-dealkylation sites (N-methyl/N-ethyl adjacent to an activating group) is 2. The fourth-order valence-corrected chi connectivity index (χ4v) is 5.50. The van der Waals surface area contributed by atoms with E-state index in [0.29, 0.717) is 23.5 Å². The Morgan fingerprint density at radius 3 is 2.61 bits per heavy atom. The predicted molar refractivity (Wildman–Crippen MR) is 162 cm³/mol. The van der Waals surface area contributed by atoms with E-state index in [9.17, 15) is 5.26 Å². The van der Waals surface area contributed by atoms with Crippen molar-refractivity contribution in [3.63, 3.8) is 0 Å². The lowest BCUT2D eigenvalue weighted by Crippen LogP contribution is -2.69. The van der Waals surface area contributed by atoms with Gasteiger partial charge in [-0.15, -0.1) is 0 Å². The van der Waals surface area contributed by atoms with Crippen molar-refractivity contribution in [3.8, 4) is 17.3 Å². The number of fused-ring (bicyclic) bond motifs is 3. The first-order valence-corrected chi connectivity index (χ1v) is 13.8. The predicted octanol–water partition coefficient (Wildman–Crippen LogP) is 3.06. The Bertz CT molecular complexity index is 1490. The quantitative estimate of drug-likeness (QED) is 0.261. The molecule has 6 rings (SSSR count). The van der Waals surface area contributed by atoms with Gasteiger partial charge in [0.1, 0.15) is 11.9 Å². The first kappa shape index (κ1) is 28.3. The third kappa shape index (κ3) is 5.94. The summed E-state index contributed by atoms with van der Waals surface area (Å²) >= 11 is 0. The van der Waals surface area contributed by atoms with Crippen molar-refractivity contribution in [2.24, 2.45) is 4.99 Å². The van der Waals surface area contributed by atoms with Crippen LogP contribution in [0.3, 0.4) is 0 Å². The van der Waals surface area contributed by atoms with Gasteiger partial charge in [-0.2, -0.15) is 10.4 Å². The zero-order valence-electron chi connectivity index (χ0n) is 24.5. The summed E-state index contributed by atoms with van der Waals surface area (Å²) in [6, 6.07) is 5.24. The standard InChI is InChI=1S/C30H38N10O/c1-7-29(41-6)34-13-21(2)17-39-24-10-25(39)19-38(18-24)28-16-32-27(15-33-28)26-11-23(37(5)9-8-36(3)4)20-40-30(26)22(12-31)14-35-40/h7,11,13-16,20,24-25H,2,8-10,17-19H2,1,3-6H3/b29-7+,34-13-. The fraction of sp³-hybridized carbons (Fsp3) is 0.433. The maximum Gasteiger partial charge on any atom is 0.208 e. The van der Waals surface area contributed by atoms with Crippen LogP contribution in [-0.2, 0) is 4.74 Å². The number of ether oxygens (including phenoxy) is 1. The summed E-state index contributed by atoms with van der Waals surface area (Å²) in [6.07, 6.45) is 12.0. The summed E-state index contributed by atoms with van der Waals surface area (Å²) in [7, 11) is 7.80. The Hall–Kier alpha value is -4.27. The molecule has 0 saturated carbocycles. The van der Waals surface area contributed by atoms with E-state index in [1.165, 1.54) is 6.42 Å². The SMILES string of the molecule is C=C(/C=N\C(=C/C)OC)CN1C2CC1CN(c1cnc(-c3cc(N(C)CCN(C)C)cn4ncc(C#N)c34)cn1)C2. The van der Waals surface area contributed by atoms with E-state index >= 15 is 0 Å². The first-order chi connectivity index (χ1) is 19.8. The average Bonchev–Trinajstić information content (AvgIpc) is 3.42. The molecular formula is C30H38N10O. The topological polar surface area (TPSA) is 101 Å². The Labute approximate surface area is 241 Å². The molecule has 11 nitrogen and oxygen atoms in total. The van der Waals surface area contributed by atoms with Crippen LogP contribution in [0.5, 0.6) is 0 Å². The second kappa shape index (κ2) is 12.1. The number of hydrogen-bond donors (Lipinski definition) is 0. The molecule has 0 N–H and O–H groups in total. The van der Waals surface area contributed by atoms with E-state index < -0.39 is 0 Å². The number of aromatic nitrogens is 4. The van der Waals surface area contributed by atoms with Gasteiger partial charge in [-0.05, 0) is 45.2 Å². The molecule has 3 aliphatic heterocycles. The largest absolute Gasteiger partial charge is 0.481 e. The number of piperazine rings is 1. The molecule has 0 amide bonds. The smallest absolute Gasteiger partial charge is 0.208 e. The number of anilines is 2. The summed E-state index contributed by atoms with van der Waals surface area (Å²) in [6.45, 7) is 10.4. The van der Waals surface area contributed by atoms with Gasteiger partial charge < -0.3 is 19.4 Å². The molecule has 3 aliphatic rings. The summed E-state index contributed by atoms with van der Waals surface area (Å²) in [5.74, 6) is 1.45. The number of aliphatic imine (C=N–C) groups is 1. The number of allylic oxidation sites excluding steroid dienone is 1. The van der Waals surface area contributed by atoms with Crippen LogP contribution in [-0.4, -0.2) is 109 Å². The molecule has 0 spiro atoms. The van der Waals surface area contributed by atoms with Crippen molar-refractivity contribution >= 4 is 23.2 Å². The lowest BCUT2D eigenvalue weighted by molar-refractivity contribution is 0.00943. The zero-order chi connectivity index (χ0) is 29.1. The van der Waals surface area contributed by atoms with Gasteiger partial charge in [-0.1, -0.05) is 6.58 Å². The first-order valence-electron chi connectivity index (χ1n) is 13.8. The van der Waals surface area contributed by atoms with E-state index in [1.54, 1.807) is 24.0 Å². The Morgan fingerprint density at radius 1 is 1.20 bits per heavy atom. The molecule has 214 valence electrons. The van der Waals surface area contributed by atoms with Crippen LogP contribution in [0, 0.1) is 11.3 Å². The highest BCUT2D eigenvalue weighted by Crippen LogP contribution is 2.35. The number of nitrogens with zero attached hydrogens (tertiary/aromatic N) is 10. The van der Waals surface area contributed by atoms with E-state index in [1.807, 2.05) is 31.6 Å². The minimum Gasteiger partial charge on any atom is -0.481 e. The van der Waals surface area contributed by atoms with Crippen molar-refractivity contribution in [2.75, 3.05) is 70.8 Å². The van der Waals surface area contributed by atoms with Crippen LogP contribution >= 0.6 is 0 Å². The summed E-state index contributed by atoms with van der Waals surface area (Å²) in [4.78, 5) is 23.1. The normalized spacial score (nSPS) is 19.0. The third-order valence-electron chi connectivity index (χ3n) is 7.84. The number of rotatable bonds is 11.